The standard InChI is InChI=1S/C21H33N11O5/c1-11(20(36)37)30-19(35)16(6-13-8-26-10-29-13)32-18(34)15(3-2-4-27-21(23)24)31-17(33)14(22)5-12-7-25-9-28-12/h7-11,14-16H,2-6,22H2,1H3,(H,25,28)(H,26,29)(H,30,35)(H,31,33)(H,32,34)(H,36,37)(H4,23,24,27). The van der Waals surface area contributed by atoms with Crippen LogP contribution >= 0.6 is 0 Å². The highest BCUT2D eigenvalue weighted by Crippen LogP contribution is 2.05. The van der Waals surface area contributed by atoms with E-state index < -0.39 is 47.9 Å². The molecule has 16 heteroatoms. The number of aliphatic carboxylic acids is 1. The van der Waals surface area contributed by atoms with E-state index in [0.29, 0.717) is 17.8 Å². The molecule has 16 nitrogen and oxygen atoms in total. The molecule has 0 aromatic carbocycles. The Morgan fingerprint density at radius 2 is 1.51 bits per heavy atom. The van der Waals surface area contributed by atoms with Crippen molar-refractivity contribution in [3.05, 3.63) is 36.4 Å². The number of aliphatic imine (C=N–C) groups is 1. The van der Waals surface area contributed by atoms with Gasteiger partial charge < -0.3 is 48.2 Å². The monoisotopic (exact) mass is 519 g/mol. The van der Waals surface area contributed by atoms with Gasteiger partial charge in [0.15, 0.2) is 5.96 Å². The number of rotatable bonds is 15. The van der Waals surface area contributed by atoms with E-state index in [1.807, 2.05) is 0 Å². The second kappa shape index (κ2) is 14.2. The molecule has 37 heavy (non-hydrogen) atoms. The topological polar surface area (TPSA) is 272 Å². The molecule has 0 bridgehead atoms. The van der Waals surface area contributed by atoms with Crippen molar-refractivity contribution >= 4 is 29.7 Å². The van der Waals surface area contributed by atoms with Crippen molar-refractivity contribution in [1.82, 2.24) is 35.9 Å². The fraction of sp³-hybridized carbons (Fsp3) is 0.476. The number of carbonyl (C=O) groups is 4. The first kappa shape index (κ1) is 28.8. The molecule has 0 fully saturated rings. The lowest BCUT2D eigenvalue weighted by atomic mass is 10.1. The number of nitrogens with one attached hydrogen (secondary N) is 5. The van der Waals surface area contributed by atoms with Gasteiger partial charge in [0.1, 0.15) is 18.1 Å². The zero-order valence-electron chi connectivity index (χ0n) is 20.3. The number of guanidine groups is 1. The third kappa shape index (κ3) is 9.96. The van der Waals surface area contributed by atoms with Gasteiger partial charge in [0, 0.05) is 43.2 Å². The average Bonchev–Trinajstić information content (AvgIpc) is 3.54. The van der Waals surface area contributed by atoms with Gasteiger partial charge in [0.2, 0.25) is 17.7 Å². The van der Waals surface area contributed by atoms with E-state index in [-0.39, 0.29) is 31.8 Å². The molecule has 0 aliphatic rings. The summed E-state index contributed by atoms with van der Waals surface area (Å²) >= 11 is 0. The molecular formula is C21H33N11O5. The molecule has 0 saturated heterocycles. The Morgan fingerprint density at radius 1 is 0.946 bits per heavy atom. The third-order valence-corrected chi connectivity index (χ3v) is 5.25. The highest BCUT2D eigenvalue weighted by Gasteiger charge is 2.29. The normalized spacial score (nSPS) is 14.0. The van der Waals surface area contributed by atoms with Crippen LogP contribution in [0.25, 0.3) is 0 Å². The number of hydrogen-bond acceptors (Lipinski definition) is 8. The molecule has 0 saturated carbocycles. The Kier molecular flexibility index (Phi) is 11.0. The minimum absolute atomic E-state index is 0.00207. The van der Waals surface area contributed by atoms with Crippen LogP contribution in [-0.4, -0.2) is 85.4 Å². The molecule has 2 aromatic heterocycles. The largest absolute Gasteiger partial charge is 0.480 e. The summed E-state index contributed by atoms with van der Waals surface area (Å²) in [6, 6.07) is -4.41. The summed E-state index contributed by atoms with van der Waals surface area (Å²) in [6.45, 7) is 1.50. The Labute approximate surface area is 212 Å². The number of amides is 3. The number of H-pyrrole nitrogens is 2. The van der Waals surface area contributed by atoms with Gasteiger partial charge in [-0.2, -0.15) is 0 Å². The molecule has 4 atom stereocenters. The Balaban J connectivity index is 2.14. The lowest BCUT2D eigenvalue weighted by Crippen LogP contribution is -2.57. The average molecular weight is 520 g/mol. The van der Waals surface area contributed by atoms with Crippen LogP contribution in [0.2, 0.25) is 0 Å². The summed E-state index contributed by atoms with van der Waals surface area (Å²) in [6.07, 6.45) is 6.48. The van der Waals surface area contributed by atoms with Gasteiger partial charge in [-0.1, -0.05) is 0 Å². The van der Waals surface area contributed by atoms with Crippen molar-refractivity contribution in [3.8, 4) is 0 Å². The van der Waals surface area contributed by atoms with Crippen LogP contribution < -0.4 is 33.2 Å². The van der Waals surface area contributed by atoms with Crippen molar-refractivity contribution in [3.63, 3.8) is 0 Å². The molecule has 202 valence electrons. The fourth-order valence-electron chi connectivity index (χ4n) is 3.25. The second-order valence-corrected chi connectivity index (χ2v) is 8.31. The van der Waals surface area contributed by atoms with Gasteiger partial charge in [-0.15, -0.1) is 0 Å². The quantitative estimate of drug-likeness (QED) is 0.0647. The molecule has 2 rings (SSSR count). The van der Waals surface area contributed by atoms with E-state index in [4.69, 9.17) is 22.3 Å². The highest BCUT2D eigenvalue weighted by atomic mass is 16.4. The predicted molar refractivity (Wildman–Crippen MR) is 132 cm³/mol. The summed E-state index contributed by atoms with van der Waals surface area (Å²) in [5.74, 6) is -3.34. The van der Waals surface area contributed by atoms with Crippen molar-refractivity contribution in [2.45, 2.75) is 56.8 Å². The summed E-state index contributed by atoms with van der Waals surface area (Å²) in [5, 5.41) is 16.7. The Hall–Kier alpha value is -4.47. The van der Waals surface area contributed by atoms with E-state index in [9.17, 15) is 19.2 Å². The van der Waals surface area contributed by atoms with Gasteiger partial charge >= 0.3 is 5.97 Å². The van der Waals surface area contributed by atoms with Gasteiger partial charge in [-0.3, -0.25) is 24.2 Å². The van der Waals surface area contributed by atoms with Gasteiger partial charge in [0.05, 0.1) is 18.7 Å². The van der Waals surface area contributed by atoms with Crippen molar-refractivity contribution < 1.29 is 24.3 Å². The smallest absolute Gasteiger partial charge is 0.325 e. The molecular weight excluding hydrogens is 486 g/mol. The summed E-state index contributed by atoms with van der Waals surface area (Å²) in [4.78, 5) is 67.3. The number of carbonyl (C=O) groups excluding carboxylic acids is 3. The van der Waals surface area contributed by atoms with Gasteiger partial charge in [0.25, 0.3) is 0 Å². The zero-order chi connectivity index (χ0) is 27.4. The lowest BCUT2D eigenvalue weighted by Gasteiger charge is -2.24. The first-order chi connectivity index (χ1) is 17.6. The molecule has 0 aliphatic carbocycles. The third-order valence-electron chi connectivity index (χ3n) is 5.25. The Bertz CT molecular complexity index is 1050. The zero-order valence-corrected chi connectivity index (χ0v) is 20.3. The van der Waals surface area contributed by atoms with E-state index in [1.54, 1.807) is 0 Å². The van der Waals surface area contributed by atoms with Crippen molar-refractivity contribution in [2.75, 3.05) is 6.54 Å². The molecule has 0 radical (unpaired) electrons. The first-order valence-corrected chi connectivity index (χ1v) is 11.5. The minimum atomic E-state index is -1.24. The molecule has 2 aromatic rings. The van der Waals surface area contributed by atoms with Crippen LogP contribution in [0.15, 0.2) is 30.0 Å². The molecule has 2 heterocycles. The second-order valence-electron chi connectivity index (χ2n) is 8.31. The first-order valence-electron chi connectivity index (χ1n) is 11.5. The Morgan fingerprint density at radius 3 is 2.05 bits per heavy atom. The van der Waals surface area contributed by atoms with Crippen LogP contribution in [0.5, 0.6) is 0 Å². The van der Waals surface area contributed by atoms with Crippen LogP contribution in [0.3, 0.4) is 0 Å². The van der Waals surface area contributed by atoms with Crippen LogP contribution in [0.4, 0.5) is 0 Å². The van der Waals surface area contributed by atoms with E-state index in [1.165, 1.54) is 32.0 Å². The van der Waals surface area contributed by atoms with Crippen molar-refractivity contribution in [2.24, 2.45) is 22.2 Å². The molecule has 0 aliphatic heterocycles. The van der Waals surface area contributed by atoms with Crippen molar-refractivity contribution in [1.29, 1.82) is 0 Å². The summed E-state index contributed by atoms with van der Waals surface area (Å²) in [5.41, 5.74) is 17.8. The van der Waals surface area contributed by atoms with Crippen LogP contribution in [0.1, 0.15) is 31.2 Å². The molecule has 12 N–H and O–H groups in total. The van der Waals surface area contributed by atoms with E-state index in [0.717, 1.165) is 0 Å². The maximum atomic E-state index is 13.2. The number of carboxylic acid groups (broad SMARTS) is 1. The maximum Gasteiger partial charge on any atom is 0.325 e. The maximum absolute atomic E-state index is 13.2. The number of carboxylic acids is 1. The van der Waals surface area contributed by atoms with Crippen LogP contribution in [0, 0.1) is 0 Å². The number of nitrogens with two attached hydrogens (primary N) is 3. The number of imidazole rings is 2. The van der Waals surface area contributed by atoms with E-state index >= 15 is 0 Å². The predicted octanol–water partition coefficient (Wildman–Crippen LogP) is -3.14. The summed E-state index contributed by atoms with van der Waals surface area (Å²) in [7, 11) is 0. The van der Waals surface area contributed by atoms with Gasteiger partial charge in [-0.25, -0.2) is 9.97 Å². The number of nitrogens with zero attached hydrogens (tertiary/aromatic N) is 3. The number of aromatic amines is 2. The highest BCUT2D eigenvalue weighted by molar-refractivity contribution is 5.94. The minimum Gasteiger partial charge on any atom is -0.480 e. The summed E-state index contributed by atoms with van der Waals surface area (Å²) < 4.78 is 0. The number of aromatic nitrogens is 4. The van der Waals surface area contributed by atoms with Crippen LogP contribution in [-0.2, 0) is 32.0 Å². The lowest BCUT2D eigenvalue weighted by molar-refractivity contribution is -0.141. The molecule has 0 spiro atoms. The number of hydrogen-bond donors (Lipinski definition) is 9. The fourth-order valence-corrected chi connectivity index (χ4v) is 3.25. The SMILES string of the molecule is CC(NC(=O)C(Cc1cnc[nH]1)NC(=O)C(CCCN=C(N)N)NC(=O)C(N)Cc1cnc[nH]1)C(=O)O. The molecule has 3 amide bonds. The van der Waals surface area contributed by atoms with Gasteiger partial charge in [-0.05, 0) is 19.8 Å². The molecule has 4 unspecified atom stereocenters. The van der Waals surface area contributed by atoms with E-state index in [2.05, 4.69) is 40.9 Å².